The molecule has 1 aromatic carbocycles. The van der Waals surface area contributed by atoms with E-state index in [9.17, 15) is 14.0 Å². The van der Waals surface area contributed by atoms with Gasteiger partial charge < -0.3 is 0 Å². The largest absolute Gasteiger partial charge is 0.299 e. The van der Waals surface area contributed by atoms with Gasteiger partial charge in [0.25, 0.3) is 11.7 Å². The first kappa shape index (κ1) is 13.7. The highest BCUT2D eigenvalue weighted by Crippen LogP contribution is 2.37. The zero-order valence-electron chi connectivity index (χ0n) is 11.1. The summed E-state index contributed by atoms with van der Waals surface area (Å²) >= 11 is 5.92. The van der Waals surface area contributed by atoms with Gasteiger partial charge in [-0.3, -0.25) is 19.5 Å². The van der Waals surface area contributed by atoms with Gasteiger partial charge in [0.2, 0.25) is 0 Å². The molecule has 4 nitrogen and oxygen atoms in total. The number of amides is 1. The summed E-state index contributed by atoms with van der Waals surface area (Å²) in [5.41, 5.74) is 1.32. The van der Waals surface area contributed by atoms with Crippen LogP contribution in [-0.2, 0) is 11.3 Å². The van der Waals surface area contributed by atoms with Crippen LogP contribution in [-0.4, -0.2) is 16.7 Å². The molecule has 0 spiro atoms. The van der Waals surface area contributed by atoms with Gasteiger partial charge in [-0.05, 0) is 30.7 Å². The molecule has 0 atom stereocenters. The number of benzene rings is 1. The number of nitrogens with zero attached hydrogens (tertiary/aromatic N) is 2. The fourth-order valence-electron chi connectivity index (χ4n) is 2.34. The van der Waals surface area contributed by atoms with E-state index in [1.807, 2.05) is 13.0 Å². The predicted octanol–water partition coefficient (Wildman–Crippen LogP) is 2.91. The van der Waals surface area contributed by atoms with Crippen LogP contribution in [0.3, 0.4) is 0 Å². The first-order valence-corrected chi connectivity index (χ1v) is 6.63. The lowest BCUT2D eigenvalue weighted by atomic mass is 10.1. The average Bonchev–Trinajstić information content (AvgIpc) is 2.71. The second kappa shape index (κ2) is 4.93. The van der Waals surface area contributed by atoms with Crippen molar-refractivity contribution in [1.29, 1.82) is 0 Å². The van der Waals surface area contributed by atoms with Gasteiger partial charge in [-0.25, -0.2) is 4.39 Å². The van der Waals surface area contributed by atoms with E-state index in [1.54, 1.807) is 12.3 Å². The molecule has 106 valence electrons. The molecule has 2 heterocycles. The maximum Gasteiger partial charge on any atom is 0.299 e. The van der Waals surface area contributed by atoms with Crippen LogP contribution < -0.4 is 4.90 Å². The van der Waals surface area contributed by atoms with Gasteiger partial charge in [-0.2, -0.15) is 0 Å². The van der Waals surface area contributed by atoms with Crippen molar-refractivity contribution < 1.29 is 14.0 Å². The number of hydrogen-bond donors (Lipinski definition) is 0. The van der Waals surface area contributed by atoms with Gasteiger partial charge in [-0.15, -0.1) is 0 Å². The topological polar surface area (TPSA) is 50.3 Å². The molecule has 1 aliphatic heterocycles. The van der Waals surface area contributed by atoms with Gasteiger partial charge >= 0.3 is 0 Å². The van der Waals surface area contributed by atoms with E-state index in [4.69, 9.17) is 11.6 Å². The molecule has 21 heavy (non-hydrogen) atoms. The standard InChI is InChI=1S/C15H10ClFN2O2/c1-8-3-2-6-18-11(8)7-19-13-10(17)5-4-9(16)12(13)14(20)15(19)21/h2-6H,7H2,1H3. The number of pyridine rings is 1. The van der Waals surface area contributed by atoms with Gasteiger partial charge in [0, 0.05) is 6.20 Å². The van der Waals surface area contributed by atoms with Crippen molar-refractivity contribution in [3.8, 4) is 0 Å². The first-order chi connectivity index (χ1) is 10.0. The Labute approximate surface area is 125 Å². The number of fused-ring (bicyclic) bond motifs is 1. The van der Waals surface area contributed by atoms with Crippen LogP contribution in [0, 0.1) is 12.7 Å². The van der Waals surface area contributed by atoms with Crippen molar-refractivity contribution in [3.63, 3.8) is 0 Å². The van der Waals surface area contributed by atoms with Crippen molar-refractivity contribution in [1.82, 2.24) is 4.98 Å². The molecule has 0 saturated carbocycles. The number of hydrogen-bond acceptors (Lipinski definition) is 3. The molecule has 0 saturated heterocycles. The van der Waals surface area contributed by atoms with E-state index in [0.717, 1.165) is 16.5 Å². The maximum atomic E-state index is 14.0. The number of ketones is 1. The van der Waals surface area contributed by atoms with Crippen LogP contribution in [0.4, 0.5) is 10.1 Å². The lowest BCUT2D eigenvalue weighted by Crippen LogP contribution is -2.30. The number of aryl methyl sites for hydroxylation is 1. The molecule has 0 fully saturated rings. The Morgan fingerprint density at radius 3 is 2.76 bits per heavy atom. The van der Waals surface area contributed by atoms with Crippen molar-refractivity contribution in [3.05, 3.63) is 58.1 Å². The third-order valence-electron chi connectivity index (χ3n) is 3.44. The molecule has 3 rings (SSSR count). The summed E-state index contributed by atoms with van der Waals surface area (Å²) in [5, 5.41) is 0.0741. The number of halogens is 2. The lowest BCUT2D eigenvalue weighted by molar-refractivity contribution is -0.114. The normalized spacial score (nSPS) is 13.8. The molecule has 1 aliphatic rings. The van der Waals surface area contributed by atoms with Crippen LogP contribution in [0.2, 0.25) is 5.02 Å². The third kappa shape index (κ3) is 2.10. The number of carbonyl (C=O) groups is 2. The highest BCUT2D eigenvalue weighted by molar-refractivity contribution is 6.55. The van der Waals surface area contributed by atoms with E-state index in [0.29, 0.717) is 5.69 Å². The molecule has 1 aromatic heterocycles. The van der Waals surface area contributed by atoms with Crippen LogP contribution >= 0.6 is 11.6 Å². The molecule has 1 amide bonds. The molecular formula is C15H10ClFN2O2. The summed E-state index contributed by atoms with van der Waals surface area (Å²) < 4.78 is 14.0. The minimum absolute atomic E-state index is 0.0293. The van der Waals surface area contributed by atoms with Crippen LogP contribution in [0.15, 0.2) is 30.5 Å². The van der Waals surface area contributed by atoms with Crippen molar-refractivity contribution in [2.45, 2.75) is 13.5 Å². The summed E-state index contributed by atoms with van der Waals surface area (Å²) in [6.07, 6.45) is 1.58. The Morgan fingerprint density at radius 1 is 1.29 bits per heavy atom. The quantitative estimate of drug-likeness (QED) is 0.802. The zero-order chi connectivity index (χ0) is 15.1. The Bertz CT molecular complexity index is 776. The van der Waals surface area contributed by atoms with Crippen molar-refractivity contribution in [2.24, 2.45) is 0 Å². The minimum Gasteiger partial charge on any atom is -0.296 e. The van der Waals surface area contributed by atoms with Crippen LogP contribution in [0.1, 0.15) is 21.6 Å². The number of Topliss-reactive ketones (excluding diaryl/α,β-unsaturated/α-hetero) is 1. The SMILES string of the molecule is Cc1cccnc1CN1C(=O)C(=O)c2c(Cl)ccc(F)c21. The average molecular weight is 305 g/mol. The smallest absolute Gasteiger partial charge is 0.296 e. The molecule has 0 unspecified atom stereocenters. The third-order valence-corrected chi connectivity index (χ3v) is 3.75. The predicted molar refractivity (Wildman–Crippen MR) is 75.9 cm³/mol. The molecule has 2 aromatic rings. The Hall–Kier alpha value is -2.27. The highest BCUT2D eigenvalue weighted by atomic mass is 35.5. The lowest BCUT2D eigenvalue weighted by Gasteiger charge is -2.17. The molecule has 0 N–H and O–H groups in total. The summed E-state index contributed by atoms with van der Waals surface area (Å²) in [6.45, 7) is 1.86. The van der Waals surface area contributed by atoms with Gasteiger partial charge in [0.05, 0.1) is 28.5 Å². The summed E-state index contributed by atoms with van der Waals surface area (Å²) in [5.74, 6) is -2.23. The zero-order valence-corrected chi connectivity index (χ0v) is 11.8. The molecule has 6 heteroatoms. The number of aromatic nitrogens is 1. The summed E-state index contributed by atoms with van der Waals surface area (Å²) in [7, 11) is 0. The molecule has 0 aliphatic carbocycles. The van der Waals surface area contributed by atoms with E-state index < -0.39 is 17.5 Å². The van der Waals surface area contributed by atoms with E-state index >= 15 is 0 Å². The maximum absolute atomic E-state index is 14.0. The fourth-order valence-corrected chi connectivity index (χ4v) is 2.57. The molecular weight excluding hydrogens is 295 g/mol. The van der Waals surface area contributed by atoms with Crippen molar-refractivity contribution >= 4 is 29.0 Å². The number of rotatable bonds is 2. The van der Waals surface area contributed by atoms with E-state index in [1.165, 1.54) is 6.07 Å². The Balaban J connectivity index is 2.10. The van der Waals surface area contributed by atoms with Crippen LogP contribution in [0.25, 0.3) is 0 Å². The first-order valence-electron chi connectivity index (χ1n) is 6.25. The highest BCUT2D eigenvalue weighted by Gasteiger charge is 2.40. The van der Waals surface area contributed by atoms with Gasteiger partial charge in [0.15, 0.2) is 0 Å². The molecule has 0 radical (unpaired) electrons. The minimum atomic E-state index is -0.790. The summed E-state index contributed by atoms with van der Waals surface area (Å²) in [4.78, 5) is 29.4. The number of anilines is 1. The number of carbonyl (C=O) groups excluding carboxylic acids is 2. The fraction of sp³-hybridized carbons (Fsp3) is 0.133. The Kier molecular flexibility index (Phi) is 3.22. The Morgan fingerprint density at radius 2 is 2.05 bits per heavy atom. The summed E-state index contributed by atoms with van der Waals surface area (Å²) in [6, 6.07) is 6.02. The second-order valence-electron chi connectivity index (χ2n) is 4.74. The second-order valence-corrected chi connectivity index (χ2v) is 5.15. The van der Waals surface area contributed by atoms with Crippen LogP contribution in [0.5, 0.6) is 0 Å². The molecule has 0 bridgehead atoms. The van der Waals surface area contributed by atoms with E-state index in [-0.39, 0.29) is 22.8 Å². The monoisotopic (exact) mass is 304 g/mol. The van der Waals surface area contributed by atoms with Gasteiger partial charge in [-0.1, -0.05) is 17.7 Å². The van der Waals surface area contributed by atoms with Gasteiger partial charge in [0.1, 0.15) is 5.82 Å². The van der Waals surface area contributed by atoms with E-state index in [2.05, 4.69) is 4.98 Å². The van der Waals surface area contributed by atoms with Crippen molar-refractivity contribution in [2.75, 3.05) is 4.90 Å².